The molecule has 0 aliphatic rings. The molecule has 0 saturated carbocycles. The van der Waals surface area contributed by atoms with Crippen LogP contribution in [-0.4, -0.2) is 16.5 Å². The van der Waals surface area contributed by atoms with Gasteiger partial charge in [0.05, 0.1) is 0 Å². The minimum atomic E-state index is 0.676. The second-order valence-electron chi connectivity index (χ2n) is 4.09. The van der Waals surface area contributed by atoms with Crippen LogP contribution in [0.25, 0.3) is 0 Å². The highest BCUT2D eigenvalue weighted by Crippen LogP contribution is 2.18. The number of benzene rings is 1. The summed E-state index contributed by atoms with van der Waals surface area (Å²) in [5.74, 6) is 1.03. The molecule has 0 atom stereocenters. The second kappa shape index (κ2) is 6.78. The zero-order valence-corrected chi connectivity index (χ0v) is 11.4. The van der Waals surface area contributed by atoms with Crippen molar-refractivity contribution < 1.29 is 0 Å². The summed E-state index contributed by atoms with van der Waals surface area (Å²) >= 11 is 11.9. The van der Waals surface area contributed by atoms with E-state index in [2.05, 4.69) is 15.3 Å². The third kappa shape index (κ3) is 4.33. The van der Waals surface area contributed by atoms with Crippen LogP contribution in [0.3, 0.4) is 0 Å². The van der Waals surface area contributed by atoms with Gasteiger partial charge in [-0.2, -0.15) is 0 Å². The lowest BCUT2D eigenvalue weighted by Crippen LogP contribution is -2.15. The molecule has 0 unspecified atom stereocenters. The van der Waals surface area contributed by atoms with E-state index in [1.54, 1.807) is 12.3 Å². The number of hydrogen-bond donors (Lipinski definition) is 2. The second-order valence-corrected chi connectivity index (χ2v) is 4.97. The van der Waals surface area contributed by atoms with E-state index in [1.165, 1.54) is 0 Å². The molecule has 0 bridgehead atoms. The fourth-order valence-electron chi connectivity index (χ4n) is 1.76. The Kier molecular flexibility index (Phi) is 5.05. The molecule has 2 N–H and O–H groups in total. The van der Waals surface area contributed by atoms with Gasteiger partial charge >= 0.3 is 0 Å². The summed E-state index contributed by atoms with van der Waals surface area (Å²) < 4.78 is 0. The van der Waals surface area contributed by atoms with E-state index in [-0.39, 0.29) is 0 Å². The maximum absolute atomic E-state index is 5.93. The molecule has 1 aromatic carbocycles. The van der Waals surface area contributed by atoms with Gasteiger partial charge in [-0.1, -0.05) is 23.2 Å². The smallest absolute Gasteiger partial charge is 0.106 e. The third-order valence-electron chi connectivity index (χ3n) is 2.57. The molecule has 2 rings (SSSR count). The van der Waals surface area contributed by atoms with Gasteiger partial charge in [-0.3, -0.25) is 0 Å². The van der Waals surface area contributed by atoms with Crippen LogP contribution in [0, 0.1) is 0 Å². The number of aromatic nitrogens is 2. The number of aromatic amines is 1. The number of aryl methyl sites for hydroxylation is 1. The van der Waals surface area contributed by atoms with Gasteiger partial charge in [0, 0.05) is 35.4 Å². The standard InChI is InChI=1S/C13H15Cl2N3/c14-11-6-10(7-12(15)8-11)9-16-3-1-2-13-17-4-5-18-13/h4-8,16H,1-3,9H2,(H,17,18). The van der Waals surface area contributed by atoms with Crippen molar-refractivity contribution in [3.8, 4) is 0 Å². The predicted molar refractivity (Wildman–Crippen MR) is 75.1 cm³/mol. The van der Waals surface area contributed by atoms with Gasteiger partial charge in [-0.25, -0.2) is 4.98 Å². The molecule has 96 valence electrons. The fourth-order valence-corrected chi connectivity index (χ4v) is 2.33. The first-order valence-electron chi connectivity index (χ1n) is 5.88. The van der Waals surface area contributed by atoms with Crippen molar-refractivity contribution in [3.05, 3.63) is 52.0 Å². The van der Waals surface area contributed by atoms with Crippen LogP contribution in [-0.2, 0) is 13.0 Å². The monoisotopic (exact) mass is 283 g/mol. The van der Waals surface area contributed by atoms with Crippen molar-refractivity contribution in [1.82, 2.24) is 15.3 Å². The minimum absolute atomic E-state index is 0.676. The number of nitrogens with zero attached hydrogens (tertiary/aromatic N) is 1. The Bertz CT molecular complexity index is 463. The summed E-state index contributed by atoms with van der Waals surface area (Å²) in [4.78, 5) is 7.26. The van der Waals surface area contributed by atoms with E-state index >= 15 is 0 Å². The van der Waals surface area contributed by atoms with Gasteiger partial charge in [-0.15, -0.1) is 0 Å². The zero-order valence-electron chi connectivity index (χ0n) is 9.92. The van der Waals surface area contributed by atoms with Crippen LogP contribution in [0.1, 0.15) is 17.8 Å². The summed E-state index contributed by atoms with van der Waals surface area (Å²) in [6.45, 7) is 1.71. The van der Waals surface area contributed by atoms with E-state index in [0.717, 1.165) is 37.3 Å². The Labute approximate surface area is 117 Å². The largest absolute Gasteiger partial charge is 0.349 e. The molecule has 0 fully saturated rings. The molecule has 1 heterocycles. The Balaban J connectivity index is 1.68. The molecule has 1 aromatic heterocycles. The molecule has 3 nitrogen and oxygen atoms in total. The number of rotatable bonds is 6. The highest BCUT2D eigenvalue weighted by atomic mass is 35.5. The zero-order chi connectivity index (χ0) is 12.8. The highest BCUT2D eigenvalue weighted by molar-refractivity contribution is 6.34. The Morgan fingerprint density at radius 3 is 2.61 bits per heavy atom. The number of H-pyrrole nitrogens is 1. The van der Waals surface area contributed by atoms with Gasteiger partial charge in [-0.05, 0) is 36.7 Å². The predicted octanol–water partition coefficient (Wildman–Crippen LogP) is 3.44. The number of halogens is 2. The first-order chi connectivity index (χ1) is 8.74. The van der Waals surface area contributed by atoms with Gasteiger partial charge in [0.1, 0.15) is 5.82 Å². The lowest BCUT2D eigenvalue weighted by atomic mass is 10.2. The molecule has 0 radical (unpaired) electrons. The Hall–Kier alpha value is -1.03. The number of nitrogens with one attached hydrogen (secondary N) is 2. The van der Waals surface area contributed by atoms with Gasteiger partial charge in [0.15, 0.2) is 0 Å². The quantitative estimate of drug-likeness (QED) is 0.798. The molecule has 0 saturated heterocycles. The SMILES string of the molecule is Clc1cc(Cl)cc(CNCCCc2ncc[nH]2)c1. The lowest BCUT2D eigenvalue weighted by molar-refractivity contribution is 0.641. The van der Waals surface area contributed by atoms with Crippen molar-refractivity contribution in [2.24, 2.45) is 0 Å². The molecule has 2 aromatic rings. The number of hydrogen-bond acceptors (Lipinski definition) is 2. The van der Waals surface area contributed by atoms with Crippen LogP contribution in [0.5, 0.6) is 0 Å². The van der Waals surface area contributed by atoms with Crippen molar-refractivity contribution in [1.29, 1.82) is 0 Å². The van der Waals surface area contributed by atoms with Gasteiger partial charge in [0.25, 0.3) is 0 Å². The molecule has 5 heteroatoms. The summed E-state index contributed by atoms with van der Waals surface area (Å²) in [6, 6.07) is 5.59. The van der Waals surface area contributed by atoms with Crippen LogP contribution >= 0.6 is 23.2 Å². The molecule has 0 amide bonds. The van der Waals surface area contributed by atoms with Crippen LogP contribution < -0.4 is 5.32 Å². The van der Waals surface area contributed by atoms with Crippen LogP contribution in [0.4, 0.5) is 0 Å². The Morgan fingerprint density at radius 1 is 1.17 bits per heavy atom. The molecule has 0 aliphatic heterocycles. The highest BCUT2D eigenvalue weighted by Gasteiger charge is 1.98. The van der Waals surface area contributed by atoms with Crippen LogP contribution in [0.15, 0.2) is 30.6 Å². The first-order valence-corrected chi connectivity index (χ1v) is 6.63. The van der Waals surface area contributed by atoms with E-state index in [1.807, 2.05) is 18.3 Å². The Morgan fingerprint density at radius 2 is 1.94 bits per heavy atom. The molecular formula is C13H15Cl2N3. The molecule has 0 spiro atoms. The maximum atomic E-state index is 5.93. The fraction of sp³-hybridized carbons (Fsp3) is 0.308. The summed E-state index contributed by atoms with van der Waals surface area (Å²) in [5.41, 5.74) is 1.10. The van der Waals surface area contributed by atoms with Crippen molar-refractivity contribution in [2.75, 3.05) is 6.54 Å². The molecule has 18 heavy (non-hydrogen) atoms. The summed E-state index contributed by atoms with van der Waals surface area (Å²) in [6.07, 6.45) is 5.62. The van der Waals surface area contributed by atoms with E-state index in [9.17, 15) is 0 Å². The van der Waals surface area contributed by atoms with Gasteiger partial charge in [0.2, 0.25) is 0 Å². The van der Waals surface area contributed by atoms with E-state index in [0.29, 0.717) is 10.0 Å². The summed E-state index contributed by atoms with van der Waals surface area (Å²) in [5, 5.41) is 4.71. The first kappa shape index (κ1) is 13.4. The molecular weight excluding hydrogens is 269 g/mol. The van der Waals surface area contributed by atoms with Crippen molar-refractivity contribution in [2.45, 2.75) is 19.4 Å². The maximum Gasteiger partial charge on any atom is 0.106 e. The van der Waals surface area contributed by atoms with E-state index in [4.69, 9.17) is 23.2 Å². The average molecular weight is 284 g/mol. The minimum Gasteiger partial charge on any atom is -0.349 e. The average Bonchev–Trinajstić information content (AvgIpc) is 2.80. The topological polar surface area (TPSA) is 40.7 Å². The normalized spacial score (nSPS) is 10.8. The summed E-state index contributed by atoms with van der Waals surface area (Å²) in [7, 11) is 0. The van der Waals surface area contributed by atoms with Crippen molar-refractivity contribution in [3.63, 3.8) is 0 Å². The molecule has 0 aliphatic carbocycles. The van der Waals surface area contributed by atoms with Crippen molar-refractivity contribution >= 4 is 23.2 Å². The third-order valence-corrected chi connectivity index (χ3v) is 3.01. The van der Waals surface area contributed by atoms with Gasteiger partial charge < -0.3 is 10.3 Å². The van der Waals surface area contributed by atoms with E-state index < -0.39 is 0 Å². The van der Waals surface area contributed by atoms with Crippen LogP contribution in [0.2, 0.25) is 10.0 Å². The lowest BCUT2D eigenvalue weighted by Gasteiger charge is -2.05. The number of imidazole rings is 1.